The number of hydrogen-bond donors (Lipinski definition) is 0. The van der Waals surface area contributed by atoms with E-state index in [1.54, 1.807) is 0 Å². The highest BCUT2D eigenvalue weighted by Gasteiger charge is 2.45. The van der Waals surface area contributed by atoms with Crippen LogP contribution in [0.4, 0.5) is 0 Å². The topological polar surface area (TPSA) is 0 Å². The summed E-state index contributed by atoms with van der Waals surface area (Å²) in [6.07, 6.45) is 8.84. The lowest BCUT2D eigenvalue weighted by molar-refractivity contribution is 0.554. The number of hydrogen-bond acceptors (Lipinski definition) is 0. The van der Waals surface area contributed by atoms with Crippen LogP contribution in [0.3, 0.4) is 0 Å². The van der Waals surface area contributed by atoms with Crippen LogP contribution in [0.15, 0.2) is 0 Å². The molecule has 2 rings (SSSR count). The van der Waals surface area contributed by atoms with E-state index in [9.17, 15) is 0 Å². The van der Waals surface area contributed by atoms with E-state index in [1.165, 1.54) is 38.5 Å². The Morgan fingerprint density at radius 3 is 2.11 bits per heavy atom. The van der Waals surface area contributed by atoms with Gasteiger partial charge in [0.05, 0.1) is 0 Å². The fourth-order valence-corrected chi connectivity index (χ4v) is 1.95. The van der Waals surface area contributed by atoms with Gasteiger partial charge in [-0.25, -0.2) is 0 Å². The Kier molecular flexibility index (Phi) is 1.12. The molecule has 51 valence electrons. The van der Waals surface area contributed by atoms with Crippen LogP contribution in [-0.2, 0) is 0 Å². The molecule has 0 heteroatoms. The lowest BCUT2D eigenvalue weighted by atomic mass is 9.90. The zero-order valence-corrected chi connectivity index (χ0v) is 6.24. The molecule has 0 bridgehead atoms. The quantitative estimate of drug-likeness (QED) is 0.503. The van der Waals surface area contributed by atoms with Crippen molar-refractivity contribution >= 4 is 0 Å². The zero-order valence-electron chi connectivity index (χ0n) is 6.24. The van der Waals surface area contributed by atoms with E-state index in [0.29, 0.717) is 0 Å². The summed E-state index contributed by atoms with van der Waals surface area (Å²) in [5.74, 6) is 1.89. The third-order valence-electron chi connectivity index (χ3n) is 3.06. The van der Waals surface area contributed by atoms with Gasteiger partial charge in [-0.3, -0.25) is 0 Å². The van der Waals surface area contributed by atoms with Crippen molar-refractivity contribution in [3.63, 3.8) is 0 Å². The Morgan fingerprint density at radius 2 is 1.67 bits per heavy atom. The summed E-state index contributed by atoms with van der Waals surface area (Å²) >= 11 is 0. The largest absolute Gasteiger partial charge is 0.0591 e. The third kappa shape index (κ3) is 0.889. The van der Waals surface area contributed by atoms with Crippen molar-refractivity contribution in [2.24, 2.45) is 5.41 Å². The van der Waals surface area contributed by atoms with Crippen LogP contribution in [0.1, 0.15) is 45.4 Å². The van der Waals surface area contributed by atoms with E-state index in [2.05, 4.69) is 6.92 Å². The van der Waals surface area contributed by atoms with E-state index >= 15 is 0 Å². The molecule has 2 saturated carbocycles. The Morgan fingerprint density at radius 1 is 1.11 bits per heavy atom. The second-order valence-electron chi connectivity index (χ2n) is 3.87. The van der Waals surface area contributed by atoms with Crippen molar-refractivity contribution in [3.8, 4) is 0 Å². The van der Waals surface area contributed by atoms with Crippen LogP contribution in [-0.4, -0.2) is 0 Å². The molecule has 0 saturated heterocycles. The van der Waals surface area contributed by atoms with Gasteiger partial charge in [-0.05, 0) is 37.0 Å². The molecule has 9 heavy (non-hydrogen) atoms. The SMILES string of the molecule is CC1([C]2CCCC2)CC1. The fourth-order valence-electron chi connectivity index (χ4n) is 1.95. The van der Waals surface area contributed by atoms with Crippen molar-refractivity contribution < 1.29 is 0 Å². The minimum atomic E-state index is 0.747. The Labute approximate surface area is 57.6 Å². The zero-order chi connectivity index (χ0) is 6.32. The van der Waals surface area contributed by atoms with Crippen LogP contribution in [0.25, 0.3) is 0 Å². The molecule has 2 aliphatic carbocycles. The molecule has 0 unspecified atom stereocenters. The molecule has 0 aromatic heterocycles. The molecule has 0 heterocycles. The van der Waals surface area contributed by atoms with Gasteiger partial charge in [0.2, 0.25) is 0 Å². The van der Waals surface area contributed by atoms with E-state index in [0.717, 1.165) is 5.41 Å². The van der Waals surface area contributed by atoms with Crippen LogP contribution in [0.5, 0.6) is 0 Å². The van der Waals surface area contributed by atoms with Gasteiger partial charge >= 0.3 is 0 Å². The minimum Gasteiger partial charge on any atom is -0.0591 e. The van der Waals surface area contributed by atoms with Crippen molar-refractivity contribution in [3.05, 3.63) is 5.92 Å². The molecular formula is C9H15. The van der Waals surface area contributed by atoms with E-state index < -0.39 is 0 Å². The van der Waals surface area contributed by atoms with E-state index in [1.807, 2.05) is 5.92 Å². The molecule has 0 aromatic carbocycles. The van der Waals surface area contributed by atoms with Crippen LogP contribution >= 0.6 is 0 Å². The summed E-state index contributed by atoms with van der Waals surface area (Å²) in [5.41, 5.74) is 0.747. The van der Waals surface area contributed by atoms with Gasteiger partial charge in [-0.15, -0.1) is 0 Å². The fraction of sp³-hybridized carbons (Fsp3) is 0.889. The molecule has 0 spiro atoms. The Balaban J connectivity index is 1.97. The first-order chi connectivity index (χ1) is 4.31. The van der Waals surface area contributed by atoms with Gasteiger partial charge in [0.15, 0.2) is 0 Å². The lowest BCUT2D eigenvalue weighted by Gasteiger charge is -2.15. The number of rotatable bonds is 1. The van der Waals surface area contributed by atoms with Crippen LogP contribution < -0.4 is 0 Å². The first kappa shape index (κ1) is 5.76. The van der Waals surface area contributed by atoms with Crippen LogP contribution in [0, 0.1) is 11.3 Å². The van der Waals surface area contributed by atoms with Crippen molar-refractivity contribution in [2.45, 2.75) is 45.4 Å². The summed E-state index contributed by atoms with van der Waals surface area (Å²) in [4.78, 5) is 0. The third-order valence-corrected chi connectivity index (χ3v) is 3.06. The summed E-state index contributed by atoms with van der Waals surface area (Å²) in [6, 6.07) is 0. The summed E-state index contributed by atoms with van der Waals surface area (Å²) < 4.78 is 0. The van der Waals surface area contributed by atoms with Crippen molar-refractivity contribution in [1.29, 1.82) is 0 Å². The average Bonchev–Trinajstić information content (AvgIpc) is 2.46. The normalized spacial score (nSPS) is 33.0. The van der Waals surface area contributed by atoms with Gasteiger partial charge in [-0.1, -0.05) is 19.8 Å². The maximum Gasteiger partial charge on any atom is -0.0182 e. The minimum absolute atomic E-state index is 0.747. The molecule has 1 radical (unpaired) electrons. The molecule has 0 nitrogen and oxygen atoms in total. The summed E-state index contributed by atoms with van der Waals surface area (Å²) in [6.45, 7) is 2.44. The Hall–Kier alpha value is 0. The van der Waals surface area contributed by atoms with Gasteiger partial charge in [0.25, 0.3) is 0 Å². The predicted octanol–water partition coefficient (Wildman–Crippen LogP) is 2.93. The second kappa shape index (κ2) is 1.74. The summed E-state index contributed by atoms with van der Waals surface area (Å²) in [5, 5.41) is 0. The standard InChI is InChI=1S/C9H15/c1-9(6-7-9)8-4-2-3-5-8/h2-7H2,1H3. The lowest BCUT2D eigenvalue weighted by Crippen LogP contribution is -2.04. The molecule has 2 fully saturated rings. The summed E-state index contributed by atoms with van der Waals surface area (Å²) in [7, 11) is 0. The van der Waals surface area contributed by atoms with Gasteiger partial charge in [-0.2, -0.15) is 0 Å². The Bertz CT molecular complexity index is 105. The van der Waals surface area contributed by atoms with E-state index in [-0.39, 0.29) is 0 Å². The highest BCUT2D eigenvalue weighted by molar-refractivity contribution is 5.14. The monoisotopic (exact) mass is 123 g/mol. The maximum atomic E-state index is 2.44. The molecule has 0 N–H and O–H groups in total. The van der Waals surface area contributed by atoms with Crippen LogP contribution in [0.2, 0.25) is 0 Å². The highest BCUT2D eigenvalue weighted by atomic mass is 14.5. The second-order valence-corrected chi connectivity index (χ2v) is 3.87. The first-order valence-electron chi connectivity index (χ1n) is 4.16. The van der Waals surface area contributed by atoms with Gasteiger partial charge in [0.1, 0.15) is 0 Å². The smallest absolute Gasteiger partial charge is 0.0182 e. The highest BCUT2D eigenvalue weighted by Crippen LogP contribution is 2.57. The molecule has 0 aliphatic heterocycles. The molecule has 0 amide bonds. The molecular weight excluding hydrogens is 108 g/mol. The van der Waals surface area contributed by atoms with E-state index in [4.69, 9.17) is 0 Å². The maximum absolute atomic E-state index is 2.44. The molecule has 0 atom stereocenters. The van der Waals surface area contributed by atoms with Gasteiger partial charge in [0, 0.05) is 0 Å². The predicted molar refractivity (Wildman–Crippen MR) is 39.1 cm³/mol. The van der Waals surface area contributed by atoms with Crippen molar-refractivity contribution in [2.75, 3.05) is 0 Å². The first-order valence-corrected chi connectivity index (χ1v) is 4.16. The van der Waals surface area contributed by atoms with Crippen molar-refractivity contribution in [1.82, 2.24) is 0 Å². The molecule has 2 aliphatic rings. The average molecular weight is 123 g/mol. The molecule has 0 aromatic rings. The van der Waals surface area contributed by atoms with Gasteiger partial charge < -0.3 is 0 Å².